The Balaban J connectivity index is 1.50. The topological polar surface area (TPSA) is 96.9 Å². The van der Waals surface area contributed by atoms with Crippen molar-refractivity contribution in [2.75, 3.05) is 24.2 Å². The highest BCUT2D eigenvalue weighted by atomic mass is 32.2. The Kier molecular flexibility index (Phi) is 4.67. The summed E-state index contributed by atoms with van der Waals surface area (Å²) in [6, 6.07) is 9.31. The molecule has 1 N–H and O–H groups in total. The number of nitrogens with one attached hydrogen (secondary N) is 1. The molecule has 0 unspecified atom stereocenters. The lowest BCUT2D eigenvalue weighted by Crippen LogP contribution is -2.36. The number of hydrogen-bond acceptors (Lipinski definition) is 7. The molecule has 8 nitrogen and oxygen atoms in total. The van der Waals surface area contributed by atoms with E-state index < -0.39 is 21.7 Å². The third-order valence-corrected chi connectivity index (χ3v) is 7.30. The second kappa shape index (κ2) is 7.27. The fourth-order valence-corrected chi connectivity index (χ4v) is 5.67. The van der Waals surface area contributed by atoms with Gasteiger partial charge in [-0.25, -0.2) is 14.1 Å². The van der Waals surface area contributed by atoms with E-state index in [0.29, 0.717) is 11.3 Å². The SMILES string of the molecule is CSc1nc2ccccn2c1S(=O)(=O)NC(=O)c1cc2c(F)cc(N3CCC3)cc2o1. The lowest BCUT2D eigenvalue weighted by Gasteiger charge is -2.33. The molecule has 0 bridgehead atoms. The first-order valence-corrected chi connectivity index (χ1v) is 12.1. The number of thioether (sulfide) groups is 1. The number of fused-ring (bicyclic) bond motifs is 2. The maximum atomic E-state index is 14.5. The van der Waals surface area contributed by atoms with Crippen molar-refractivity contribution in [3.63, 3.8) is 0 Å². The lowest BCUT2D eigenvalue weighted by atomic mass is 10.1. The second-order valence-electron chi connectivity index (χ2n) is 7.08. The third-order valence-electron chi connectivity index (χ3n) is 5.15. The van der Waals surface area contributed by atoms with Crippen molar-refractivity contribution in [3.05, 3.63) is 54.2 Å². The van der Waals surface area contributed by atoms with Crippen LogP contribution in [0.15, 0.2) is 57.1 Å². The number of rotatable bonds is 5. The first-order chi connectivity index (χ1) is 14.9. The molecule has 11 heteroatoms. The maximum absolute atomic E-state index is 14.5. The number of hydrogen-bond donors (Lipinski definition) is 1. The average Bonchev–Trinajstić information content (AvgIpc) is 3.28. The van der Waals surface area contributed by atoms with Crippen LogP contribution in [0.1, 0.15) is 17.0 Å². The normalized spacial score (nSPS) is 14.2. The molecule has 1 amide bonds. The summed E-state index contributed by atoms with van der Waals surface area (Å²) in [5.41, 5.74) is 1.29. The van der Waals surface area contributed by atoms with Gasteiger partial charge >= 0.3 is 5.91 Å². The Morgan fingerprint density at radius 2 is 2.06 bits per heavy atom. The summed E-state index contributed by atoms with van der Waals surface area (Å²) < 4.78 is 49.5. The van der Waals surface area contributed by atoms with Crippen LogP contribution in [0, 0.1) is 5.82 Å². The van der Waals surface area contributed by atoms with E-state index in [1.54, 1.807) is 36.7 Å². The first kappa shape index (κ1) is 19.9. The van der Waals surface area contributed by atoms with Gasteiger partial charge in [0.15, 0.2) is 10.8 Å². The standard InChI is InChI=1S/C20H17FN4O4S2/c1-30-19-20(25-8-3-2-5-17(25)22-19)31(27,28)23-18(26)16-11-13-14(21)9-12(10-15(13)29-16)24-6-4-7-24/h2-3,5,8-11H,4,6-7H2,1H3,(H,23,26). The second-order valence-corrected chi connectivity index (χ2v) is 9.47. The van der Waals surface area contributed by atoms with Crippen LogP contribution in [0.5, 0.6) is 0 Å². The zero-order valence-corrected chi connectivity index (χ0v) is 18.0. The van der Waals surface area contributed by atoms with Crippen molar-refractivity contribution in [3.8, 4) is 0 Å². The fraction of sp³-hybridized carbons (Fsp3) is 0.200. The molecule has 5 rings (SSSR count). The molecule has 160 valence electrons. The molecule has 0 saturated carbocycles. The van der Waals surface area contributed by atoms with Crippen molar-refractivity contribution < 1.29 is 22.0 Å². The largest absolute Gasteiger partial charge is 0.451 e. The van der Waals surface area contributed by atoms with Crippen LogP contribution in [0.25, 0.3) is 16.6 Å². The number of pyridine rings is 1. The van der Waals surface area contributed by atoms with E-state index in [4.69, 9.17) is 4.42 Å². The van der Waals surface area contributed by atoms with Crippen LogP contribution < -0.4 is 9.62 Å². The molecule has 31 heavy (non-hydrogen) atoms. The first-order valence-electron chi connectivity index (χ1n) is 9.43. The van der Waals surface area contributed by atoms with Gasteiger partial charge in [-0.1, -0.05) is 6.07 Å². The molecule has 1 fully saturated rings. The summed E-state index contributed by atoms with van der Waals surface area (Å²) in [6.07, 6.45) is 4.28. The van der Waals surface area contributed by atoms with Gasteiger partial charge in [-0.2, -0.15) is 8.42 Å². The number of sulfonamides is 1. The molecule has 4 heterocycles. The summed E-state index contributed by atoms with van der Waals surface area (Å²) in [5.74, 6) is -1.81. The number of anilines is 1. The minimum atomic E-state index is -4.28. The molecule has 4 aromatic rings. The number of halogens is 1. The van der Waals surface area contributed by atoms with E-state index >= 15 is 0 Å². The third kappa shape index (κ3) is 3.33. The van der Waals surface area contributed by atoms with Gasteiger partial charge < -0.3 is 9.32 Å². The quantitative estimate of drug-likeness (QED) is 0.457. The van der Waals surface area contributed by atoms with Gasteiger partial charge in [0, 0.05) is 37.1 Å². The predicted octanol–water partition coefficient (Wildman–Crippen LogP) is 3.27. The Bertz CT molecular complexity index is 1440. The number of carbonyl (C=O) groups is 1. The monoisotopic (exact) mass is 460 g/mol. The van der Waals surface area contributed by atoms with E-state index in [1.807, 2.05) is 9.62 Å². The summed E-state index contributed by atoms with van der Waals surface area (Å²) in [7, 11) is -4.28. The molecule has 1 aromatic carbocycles. The van der Waals surface area contributed by atoms with E-state index in [1.165, 1.54) is 16.5 Å². The smallest absolute Gasteiger partial charge is 0.300 e. The van der Waals surface area contributed by atoms with Gasteiger partial charge in [-0.3, -0.25) is 9.20 Å². The van der Waals surface area contributed by atoms with Gasteiger partial charge in [0.05, 0.1) is 5.39 Å². The zero-order valence-electron chi connectivity index (χ0n) is 16.3. The van der Waals surface area contributed by atoms with Crippen LogP contribution in [0.2, 0.25) is 0 Å². The molecule has 1 aliphatic heterocycles. The number of amides is 1. The highest BCUT2D eigenvalue weighted by Crippen LogP contribution is 2.31. The van der Waals surface area contributed by atoms with Crippen molar-refractivity contribution >= 4 is 50.0 Å². The molecule has 0 atom stereocenters. The number of aromatic nitrogens is 2. The fourth-order valence-electron chi connectivity index (χ4n) is 3.50. The molecule has 0 radical (unpaired) electrons. The summed E-state index contributed by atoms with van der Waals surface area (Å²) in [5, 5.41) is 0.221. The Morgan fingerprint density at radius 3 is 2.77 bits per heavy atom. The number of furan rings is 1. The van der Waals surface area contributed by atoms with Crippen LogP contribution in [0.3, 0.4) is 0 Å². The zero-order chi connectivity index (χ0) is 21.8. The van der Waals surface area contributed by atoms with Crippen molar-refractivity contribution in [1.82, 2.24) is 14.1 Å². The highest BCUT2D eigenvalue weighted by Gasteiger charge is 2.29. The molecule has 1 aliphatic rings. The van der Waals surface area contributed by atoms with Crippen molar-refractivity contribution in [2.45, 2.75) is 16.5 Å². The molecular formula is C20H17FN4O4S2. The summed E-state index contributed by atoms with van der Waals surface area (Å²) >= 11 is 1.15. The molecule has 3 aromatic heterocycles. The molecule has 1 saturated heterocycles. The van der Waals surface area contributed by atoms with Gasteiger partial charge in [0.25, 0.3) is 10.0 Å². The highest BCUT2D eigenvalue weighted by molar-refractivity contribution is 7.99. The maximum Gasteiger partial charge on any atom is 0.300 e. The van der Waals surface area contributed by atoms with Crippen molar-refractivity contribution in [1.29, 1.82) is 0 Å². The number of imidazole rings is 1. The van der Waals surface area contributed by atoms with Crippen LogP contribution in [0.4, 0.5) is 10.1 Å². The van der Waals surface area contributed by atoms with Gasteiger partial charge in [0.2, 0.25) is 0 Å². The lowest BCUT2D eigenvalue weighted by molar-refractivity contribution is 0.0956. The van der Waals surface area contributed by atoms with Crippen LogP contribution >= 0.6 is 11.8 Å². The molecule has 0 spiro atoms. The Hall–Kier alpha value is -3.05. The summed E-state index contributed by atoms with van der Waals surface area (Å²) in [6.45, 7) is 1.66. The van der Waals surface area contributed by atoms with E-state index in [-0.39, 0.29) is 26.8 Å². The molecule has 0 aliphatic carbocycles. The van der Waals surface area contributed by atoms with E-state index in [9.17, 15) is 17.6 Å². The minimum Gasteiger partial charge on any atom is -0.451 e. The minimum absolute atomic E-state index is 0.117. The van der Waals surface area contributed by atoms with Gasteiger partial charge in [0.1, 0.15) is 22.1 Å². The average molecular weight is 461 g/mol. The van der Waals surface area contributed by atoms with Crippen molar-refractivity contribution in [2.24, 2.45) is 0 Å². The predicted molar refractivity (Wildman–Crippen MR) is 115 cm³/mol. The van der Waals surface area contributed by atoms with E-state index in [0.717, 1.165) is 31.3 Å². The van der Waals surface area contributed by atoms with E-state index in [2.05, 4.69) is 4.98 Å². The van der Waals surface area contributed by atoms with Gasteiger partial charge in [-0.15, -0.1) is 11.8 Å². The Labute approximate surface area is 181 Å². The Morgan fingerprint density at radius 1 is 1.26 bits per heavy atom. The van der Waals surface area contributed by atoms with Crippen LogP contribution in [-0.2, 0) is 10.0 Å². The van der Waals surface area contributed by atoms with Gasteiger partial charge in [-0.05, 0) is 30.9 Å². The number of carbonyl (C=O) groups excluding carboxylic acids is 1. The van der Waals surface area contributed by atoms with Crippen LogP contribution in [-0.4, -0.2) is 43.1 Å². The number of nitrogens with zero attached hydrogens (tertiary/aromatic N) is 3. The summed E-state index contributed by atoms with van der Waals surface area (Å²) in [4.78, 5) is 19.0. The molecular weight excluding hydrogens is 443 g/mol. The number of benzene rings is 1.